The first-order chi connectivity index (χ1) is 7.65. The topological polar surface area (TPSA) is 29.1 Å². The van der Waals surface area contributed by atoms with Gasteiger partial charge in [0.05, 0.1) is 0 Å². The third kappa shape index (κ3) is 7.39. The van der Waals surface area contributed by atoms with Crippen molar-refractivity contribution in [3.8, 4) is 0 Å². The van der Waals surface area contributed by atoms with E-state index in [1.807, 2.05) is 0 Å². The first kappa shape index (κ1) is 16.1. The summed E-state index contributed by atoms with van der Waals surface area (Å²) in [6.45, 7) is 9.71. The molecule has 0 aromatic rings. The standard InChI is InChI=1S/C13H29NOS/c1-5-10-14-13(7-3)9-8-11-16(15)12(4)6-2/h12-14H,5-11H2,1-4H3. The van der Waals surface area contributed by atoms with Crippen LogP contribution in [0, 0.1) is 0 Å². The van der Waals surface area contributed by atoms with Crippen molar-refractivity contribution in [2.24, 2.45) is 0 Å². The zero-order chi connectivity index (χ0) is 12.4. The average molecular weight is 247 g/mol. The van der Waals surface area contributed by atoms with Crippen molar-refractivity contribution in [2.75, 3.05) is 12.3 Å². The molecule has 0 heterocycles. The van der Waals surface area contributed by atoms with E-state index in [2.05, 4.69) is 33.0 Å². The van der Waals surface area contributed by atoms with Crippen molar-refractivity contribution in [3.63, 3.8) is 0 Å². The van der Waals surface area contributed by atoms with Gasteiger partial charge >= 0.3 is 0 Å². The maximum Gasteiger partial charge on any atom is 0.0317 e. The van der Waals surface area contributed by atoms with Crippen LogP contribution in [0.4, 0.5) is 0 Å². The predicted octanol–water partition coefficient (Wildman–Crippen LogP) is 3.09. The number of hydrogen-bond donors (Lipinski definition) is 1. The normalized spacial score (nSPS) is 17.0. The molecule has 0 aliphatic heterocycles. The van der Waals surface area contributed by atoms with Gasteiger partial charge in [-0.25, -0.2) is 0 Å². The lowest BCUT2D eigenvalue weighted by atomic mass is 10.1. The maximum absolute atomic E-state index is 11.7. The van der Waals surface area contributed by atoms with E-state index in [0.29, 0.717) is 11.3 Å². The minimum Gasteiger partial charge on any atom is -0.314 e. The molecular weight excluding hydrogens is 218 g/mol. The van der Waals surface area contributed by atoms with E-state index in [1.165, 1.54) is 19.3 Å². The quantitative estimate of drug-likeness (QED) is 0.643. The molecule has 0 saturated heterocycles. The van der Waals surface area contributed by atoms with Gasteiger partial charge in [0.1, 0.15) is 0 Å². The second-order valence-electron chi connectivity index (χ2n) is 4.51. The molecule has 0 aliphatic rings. The highest BCUT2D eigenvalue weighted by Crippen LogP contribution is 2.07. The summed E-state index contributed by atoms with van der Waals surface area (Å²) in [6, 6.07) is 0.619. The summed E-state index contributed by atoms with van der Waals surface area (Å²) >= 11 is 0. The van der Waals surface area contributed by atoms with Gasteiger partial charge in [0, 0.05) is 27.8 Å². The smallest absolute Gasteiger partial charge is 0.0317 e. The van der Waals surface area contributed by atoms with Crippen LogP contribution in [0.1, 0.15) is 59.8 Å². The van der Waals surface area contributed by atoms with E-state index in [4.69, 9.17) is 0 Å². The van der Waals surface area contributed by atoms with Crippen LogP contribution in [-0.4, -0.2) is 27.8 Å². The van der Waals surface area contributed by atoms with Gasteiger partial charge in [-0.05, 0) is 38.6 Å². The molecular formula is C13H29NOS. The molecule has 3 heteroatoms. The highest BCUT2D eigenvalue weighted by molar-refractivity contribution is 7.85. The summed E-state index contributed by atoms with van der Waals surface area (Å²) in [7, 11) is -0.617. The Kier molecular flexibility index (Phi) is 10.3. The van der Waals surface area contributed by atoms with E-state index in [0.717, 1.165) is 25.1 Å². The van der Waals surface area contributed by atoms with Gasteiger partial charge in [0.15, 0.2) is 0 Å². The first-order valence-electron chi connectivity index (χ1n) is 6.76. The van der Waals surface area contributed by atoms with Gasteiger partial charge in [-0.2, -0.15) is 0 Å². The molecule has 0 radical (unpaired) electrons. The van der Waals surface area contributed by atoms with E-state index in [9.17, 15) is 4.21 Å². The largest absolute Gasteiger partial charge is 0.314 e. The zero-order valence-electron chi connectivity index (χ0n) is 11.4. The van der Waals surface area contributed by atoms with Crippen molar-refractivity contribution in [1.29, 1.82) is 0 Å². The molecule has 3 unspecified atom stereocenters. The van der Waals surface area contributed by atoms with Gasteiger partial charge in [0.25, 0.3) is 0 Å². The van der Waals surface area contributed by atoms with Gasteiger partial charge < -0.3 is 5.32 Å². The first-order valence-corrected chi connectivity index (χ1v) is 8.14. The number of hydrogen-bond acceptors (Lipinski definition) is 2. The monoisotopic (exact) mass is 247 g/mol. The third-order valence-electron chi connectivity index (χ3n) is 3.10. The van der Waals surface area contributed by atoms with Crippen LogP contribution >= 0.6 is 0 Å². The molecule has 1 N–H and O–H groups in total. The van der Waals surface area contributed by atoms with Crippen molar-refractivity contribution in [2.45, 2.75) is 71.1 Å². The van der Waals surface area contributed by atoms with Crippen LogP contribution in [0.3, 0.4) is 0 Å². The fraction of sp³-hybridized carbons (Fsp3) is 1.00. The molecule has 0 rings (SSSR count). The Morgan fingerprint density at radius 1 is 1.19 bits per heavy atom. The predicted molar refractivity (Wildman–Crippen MR) is 74.4 cm³/mol. The lowest BCUT2D eigenvalue weighted by Gasteiger charge is -2.16. The number of rotatable bonds is 10. The van der Waals surface area contributed by atoms with Crippen molar-refractivity contribution in [1.82, 2.24) is 5.32 Å². The van der Waals surface area contributed by atoms with Crippen molar-refractivity contribution >= 4 is 10.8 Å². The Balaban J connectivity index is 3.65. The summed E-state index contributed by atoms with van der Waals surface area (Å²) in [5.41, 5.74) is 0. The molecule has 3 atom stereocenters. The molecule has 0 saturated carbocycles. The zero-order valence-corrected chi connectivity index (χ0v) is 12.2. The summed E-state index contributed by atoms with van der Waals surface area (Å²) in [6.07, 6.45) is 5.65. The van der Waals surface area contributed by atoms with E-state index >= 15 is 0 Å². The van der Waals surface area contributed by atoms with E-state index in [-0.39, 0.29) is 0 Å². The summed E-state index contributed by atoms with van der Waals surface area (Å²) in [5.74, 6) is 0.874. The Morgan fingerprint density at radius 2 is 1.88 bits per heavy atom. The summed E-state index contributed by atoms with van der Waals surface area (Å²) in [5, 5.41) is 3.90. The molecule has 0 aliphatic carbocycles. The Bertz CT molecular complexity index is 185. The summed E-state index contributed by atoms with van der Waals surface area (Å²) < 4.78 is 11.7. The molecule has 0 bridgehead atoms. The van der Waals surface area contributed by atoms with Crippen LogP contribution < -0.4 is 5.32 Å². The lowest BCUT2D eigenvalue weighted by Crippen LogP contribution is -2.29. The van der Waals surface area contributed by atoms with Crippen LogP contribution in [0.5, 0.6) is 0 Å². The average Bonchev–Trinajstić information content (AvgIpc) is 2.32. The molecule has 0 fully saturated rings. The van der Waals surface area contributed by atoms with E-state index < -0.39 is 10.8 Å². The minimum absolute atomic E-state index is 0.365. The van der Waals surface area contributed by atoms with Gasteiger partial charge in [0.2, 0.25) is 0 Å². The van der Waals surface area contributed by atoms with Crippen LogP contribution in [0.15, 0.2) is 0 Å². The molecule has 0 amide bonds. The SMILES string of the molecule is CCCNC(CC)CCCS(=O)C(C)CC. The fourth-order valence-corrected chi connectivity index (χ4v) is 2.88. The van der Waals surface area contributed by atoms with Gasteiger partial charge in [-0.1, -0.05) is 27.7 Å². The molecule has 16 heavy (non-hydrogen) atoms. The van der Waals surface area contributed by atoms with Gasteiger partial charge in [-0.15, -0.1) is 0 Å². The van der Waals surface area contributed by atoms with Gasteiger partial charge in [-0.3, -0.25) is 4.21 Å². The van der Waals surface area contributed by atoms with Crippen molar-refractivity contribution < 1.29 is 4.21 Å². The lowest BCUT2D eigenvalue weighted by molar-refractivity contribution is 0.464. The molecule has 0 aromatic carbocycles. The fourth-order valence-electron chi connectivity index (χ4n) is 1.66. The molecule has 0 spiro atoms. The number of nitrogens with one attached hydrogen (secondary N) is 1. The second-order valence-corrected chi connectivity index (χ2v) is 6.48. The van der Waals surface area contributed by atoms with Crippen molar-refractivity contribution in [3.05, 3.63) is 0 Å². The molecule has 2 nitrogen and oxygen atoms in total. The van der Waals surface area contributed by atoms with Crippen LogP contribution in [-0.2, 0) is 10.8 Å². The molecule has 98 valence electrons. The minimum atomic E-state index is -0.617. The Morgan fingerprint density at radius 3 is 2.38 bits per heavy atom. The Hall–Kier alpha value is 0.110. The highest BCUT2D eigenvalue weighted by Gasteiger charge is 2.10. The van der Waals surface area contributed by atoms with Crippen LogP contribution in [0.2, 0.25) is 0 Å². The highest BCUT2D eigenvalue weighted by atomic mass is 32.2. The Labute approximate surface area is 104 Å². The van der Waals surface area contributed by atoms with E-state index in [1.54, 1.807) is 0 Å². The summed E-state index contributed by atoms with van der Waals surface area (Å²) in [4.78, 5) is 0. The second kappa shape index (κ2) is 10.3. The molecule has 0 aromatic heterocycles. The third-order valence-corrected chi connectivity index (χ3v) is 5.02. The maximum atomic E-state index is 11.7. The van der Waals surface area contributed by atoms with Crippen LogP contribution in [0.25, 0.3) is 0 Å².